The predicted molar refractivity (Wildman–Crippen MR) is 106 cm³/mol. The van der Waals surface area contributed by atoms with Crippen molar-refractivity contribution in [3.8, 4) is 22.8 Å². The highest BCUT2D eigenvalue weighted by molar-refractivity contribution is 5.80. The van der Waals surface area contributed by atoms with Crippen LogP contribution in [0.4, 0.5) is 0 Å². The molecule has 0 amide bonds. The molecule has 0 aromatic carbocycles. The average Bonchev–Trinajstić information content (AvgIpc) is 3.15. The van der Waals surface area contributed by atoms with E-state index in [1.165, 1.54) is 17.5 Å². The van der Waals surface area contributed by atoms with Gasteiger partial charge in [0.25, 0.3) is 0 Å². The van der Waals surface area contributed by atoms with Crippen molar-refractivity contribution in [2.45, 2.75) is 37.3 Å². The van der Waals surface area contributed by atoms with Crippen molar-refractivity contribution in [1.29, 1.82) is 0 Å². The summed E-state index contributed by atoms with van der Waals surface area (Å²) >= 11 is 0. The van der Waals surface area contributed by atoms with E-state index in [4.69, 9.17) is 0 Å². The molecule has 2 aliphatic rings. The van der Waals surface area contributed by atoms with Crippen LogP contribution in [-0.4, -0.2) is 51.9 Å². The molecule has 29 heavy (non-hydrogen) atoms. The maximum absolute atomic E-state index is 10.5. The molecule has 1 aliphatic heterocycles. The van der Waals surface area contributed by atoms with Crippen LogP contribution in [0.5, 0.6) is 5.75 Å². The molecule has 9 nitrogen and oxygen atoms in total. The summed E-state index contributed by atoms with van der Waals surface area (Å²) in [5.41, 5.74) is 2.81. The number of pyridine rings is 1. The zero-order chi connectivity index (χ0) is 19.4. The molecule has 1 aliphatic carbocycles. The zero-order valence-electron chi connectivity index (χ0n) is 15.7. The molecule has 5 heterocycles. The van der Waals surface area contributed by atoms with Crippen molar-refractivity contribution in [3.05, 3.63) is 43.0 Å². The number of hydrogen-bond donors (Lipinski definition) is 2. The number of aromatic nitrogens is 7. The van der Waals surface area contributed by atoms with Crippen molar-refractivity contribution in [1.82, 2.24) is 40.1 Å². The summed E-state index contributed by atoms with van der Waals surface area (Å²) in [4.78, 5) is 4.38. The molecular formula is C20H20N8O. The molecule has 2 fully saturated rings. The molecule has 146 valence electrons. The Kier molecular flexibility index (Phi) is 3.48. The Bertz CT molecular complexity index is 1190. The van der Waals surface area contributed by atoms with Gasteiger partial charge in [0.1, 0.15) is 17.1 Å². The van der Waals surface area contributed by atoms with E-state index in [2.05, 4.69) is 47.6 Å². The number of nitrogens with zero attached hydrogens (tertiary/aromatic N) is 7. The van der Waals surface area contributed by atoms with E-state index >= 15 is 0 Å². The van der Waals surface area contributed by atoms with Crippen LogP contribution in [0.25, 0.3) is 28.1 Å². The lowest BCUT2D eigenvalue weighted by molar-refractivity contribution is 0.290. The van der Waals surface area contributed by atoms with Gasteiger partial charge in [-0.1, -0.05) is 5.21 Å². The Hall–Kier alpha value is -3.33. The Morgan fingerprint density at radius 2 is 2.10 bits per heavy atom. The molecule has 0 radical (unpaired) electrons. The summed E-state index contributed by atoms with van der Waals surface area (Å²) in [5, 5.41) is 31.7. The lowest BCUT2D eigenvalue weighted by atomic mass is 9.97. The van der Waals surface area contributed by atoms with Gasteiger partial charge in [-0.15, -0.1) is 15.3 Å². The fourth-order valence-corrected chi connectivity index (χ4v) is 4.37. The molecular weight excluding hydrogens is 368 g/mol. The van der Waals surface area contributed by atoms with Crippen LogP contribution in [0.15, 0.2) is 43.0 Å². The summed E-state index contributed by atoms with van der Waals surface area (Å²) in [6, 6.07) is 6.04. The number of rotatable bonds is 3. The summed E-state index contributed by atoms with van der Waals surface area (Å²) in [6.45, 7) is 1.05. The molecule has 4 aromatic heterocycles. The maximum Gasteiger partial charge on any atom is 0.162 e. The predicted octanol–water partition coefficient (Wildman–Crippen LogP) is 2.24. The summed E-state index contributed by atoms with van der Waals surface area (Å²) in [5.74, 6) is 0.0279. The summed E-state index contributed by atoms with van der Waals surface area (Å²) < 4.78 is 3.80. The molecule has 0 bridgehead atoms. The Morgan fingerprint density at radius 1 is 1.17 bits per heavy atom. The highest BCUT2D eigenvalue weighted by Crippen LogP contribution is 2.46. The Balaban J connectivity index is 1.34. The standard InChI is InChI=1S/C20H20N8O/c29-17-10-15(28-8-6-23-26-28)12-21-18(17)16-9-13-2-7-27(19(13)25-24-16)14-1-5-22-20(11-14)3-4-20/h2,6-10,12,14,22,29H,1,3-5,11H2/t14-/m0/s1. The number of fused-ring (bicyclic) bond motifs is 1. The third-order valence-electron chi connectivity index (χ3n) is 6.10. The first-order valence-corrected chi connectivity index (χ1v) is 9.86. The lowest BCUT2D eigenvalue weighted by Crippen LogP contribution is -2.40. The van der Waals surface area contributed by atoms with Crippen LogP contribution in [0.3, 0.4) is 0 Å². The summed E-state index contributed by atoms with van der Waals surface area (Å²) in [6.07, 6.45) is 11.8. The van der Waals surface area contributed by atoms with E-state index in [0.717, 1.165) is 30.4 Å². The van der Waals surface area contributed by atoms with Crippen LogP contribution in [0, 0.1) is 0 Å². The third-order valence-corrected chi connectivity index (χ3v) is 6.10. The second-order valence-electron chi connectivity index (χ2n) is 7.99. The first-order valence-electron chi connectivity index (χ1n) is 9.86. The number of piperidine rings is 1. The first kappa shape index (κ1) is 16.6. The van der Waals surface area contributed by atoms with Gasteiger partial charge < -0.3 is 15.0 Å². The van der Waals surface area contributed by atoms with Crippen LogP contribution in [-0.2, 0) is 0 Å². The minimum absolute atomic E-state index is 0.0279. The van der Waals surface area contributed by atoms with Crippen molar-refractivity contribution >= 4 is 11.0 Å². The molecule has 1 atom stereocenters. The monoisotopic (exact) mass is 388 g/mol. The van der Waals surface area contributed by atoms with E-state index in [1.54, 1.807) is 24.7 Å². The van der Waals surface area contributed by atoms with Crippen LogP contribution in [0.1, 0.15) is 31.7 Å². The third kappa shape index (κ3) is 2.77. The van der Waals surface area contributed by atoms with Crippen LogP contribution < -0.4 is 5.32 Å². The van der Waals surface area contributed by atoms with Gasteiger partial charge in [-0.3, -0.25) is 0 Å². The lowest BCUT2D eigenvalue weighted by Gasteiger charge is -2.31. The highest BCUT2D eigenvalue weighted by atomic mass is 16.3. The normalized spacial score (nSPS) is 20.3. The average molecular weight is 388 g/mol. The molecule has 0 unspecified atom stereocenters. The second kappa shape index (κ2) is 6.08. The topological polar surface area (TPSA) is 107 Å². The van der Waals surface area contributed by atoms with Gasteiger partial charge >= 0.3 is 0 Å². The minimum Gasteiger partial charge on any atom is -0.506 e. The molecule has 1 saturated heterocycles. The van der Waals surface area contributed by atoms with E-state index < -0.39 is 0 Å². The number of hydrogen-bond acceptors (Lipinski definition) is 7. The maximum atomic E-state index is 10.5. The van der Waals surface area contributed by atoms with Gasteiger partial charge in [0, 0.05) is 29.2 Å². The quantitative estimate of drug-likeness (QED) is 0.554. The van der Waals surface area contributed by atoms with E-state index in [1.807, 2.05) is 6.07 Å². The van der Waals surface area contributed by atoms with Gasteiger partial charge in [0.15, 0.2) is 5.65 Å². The zero-order valence-corrected chi connectivity index (χ0v) is 15.7. The molecule has 4 aromatic rings. The van der Waals surface area contributed by atoms with Crippen molar-refractivity contribution in [2.75, 3.05) is 6.54 Å². The Morgan fingerprint density at radius 3 is 2.90 bits per heavy atom. The van der Waals surface area contributed by atoms with E-state index in [-0.39, 0.29) is 5.75 Å². The fraction of sp³-hybridized carbons (Fsp3) is 0.350. The van der Waals surface area contributed by atoms with Gasteiger partial charge in [-0.2, -0.15) is 0 Å². The van der Waals surface area contributed by atoms with E-state index in [0.29, 0.717) is 28.7 Å². The van der Waals surface area contributed by atoms with Crippen LogP contribution >= 0.6 is 0 Å². The highest BCUT2D eigenvalue weighted by Gasteiger charge is 2.46. The second-order valence-corrected chi connectivity index (χ2v) is 7.99. The summed E-state index contributed by atoms with van der Waals surface area (Å²) in [7, 11) is 0. The SMILES string of the molecule is Oc1cc(-n2ccnn2)cnc1-c1cc2ccn([C@H]3CCNC4(CC4)C3)c2nn1. The smallest absolute Gasteiger partial charge is 0.162 e. The van der Waals surface area contributed by atoms with Crippen LogP contribution in [0.2, 0.25) is 0 Å². The molecule has 1 spiro atoms. The number of nitrogens with one attached hydrogen (secondary N) is 1. The largest absolute Gasteiger partial charge is 0.506 e. The van der Waals surface area contributed by atoms with Crippen molar-refractivity contribution in [3.63, 3.8) is 0 Å². The van der Waals surface area contributed by atoms with Gasteiger partial charge in [-0.25, -0.2) is 9.67 Å². The van der Waals surface area contributed by atoms with E-state index in [9.17, 15) is 5.11 Å². The molecule has 1 saturated carbocycles. The molecule has 9 heteroatoms. The van der Waals surface area contributed by atoms with Crippen molar-refractivity contribution in [2.24, 2.45) is 0 Å². The Labute approximate surface area is 166 Å². The van der Waals surface area contributed by atoms with Gasteiger partial charge in [0.05, 0.1) is 24.3 Å². The fourth-order valence-electron chi connectivity index (χ4n) is 4.37. The first-order chi connectivity index (χ1) is 14.2. The van der Waals surface area contributed by atoms with Crippen molar-refractivity contribution < 1.29 is 5.11 Å². The molecule has 2 N–H and O–H groups in total. The number of aromatic hydroxyl groups is 1. The van der Waals surface area contributed by atoms with Gasteiger partial charge in [0.2, 0.25) is 0 Å². The van der Waals surface area contributed by atoms with Gasteiger partial charge in [-0.05, 0) is 44.4 Å². The minimum atomic E-state index is 0.0279. The molecule has 6 rings (SSSR count).